The molecule has 0 radical (unpaired) electrons. The Balaban J connectivity index is 0.00000968. The first-order valence-electron chi connectivity index (χ1n) is 19.2. The molecule has 0 aliphatic carbocycles. The first-order chi connectivity index (χ1) is 21.3. The van der Waals surface area contributed by atoms with E-state index in [1.54, 1.807) is 11.1 Å². The Kier molecular flexibility index (Phi) is 28.0. The van der Waals surface area contributed by atoms with Crippen LogP contribution in [-0.4, -0.2) is 12.3 Å². The predicted octanol–water partition coefficient (Wildman–Crippen LogP) is 11.8. The molecule has 0 spiro atoms. The second-order valence-electron chi connectivity index (χ2n) is 13.9. The molecule has 2 rings (SSSR count). The highest BCUT2D eigenvalue weighted by atomic mass is 79.9. The van der Waals surface area contributed by atoms with Crippen LogP contribution < -0.4 is 17.0 Å². The normalized spacial score (nSPS) is 11.5. The maximum absolute atomic E-state index is 2.41. The quantitative estimate of drug-likeness (QED) is 0.0566. The van der Waals surface area contributed by atoms with Crippen molar-refractivity contribution < 1.29 is 17.0 Å². The van der Waals surface area contributed by atoms with E-state index in [1.165, 1.54) is 179 Å². The van der Waals surface area contributed by atoms with Crippen LogP contribution in [0.1, 0.15) is 179 Å². The Morgan fingerprint density at radius 1 is 0.341 bits per heavy atom. The topological polar surface area (TPSA) is 0 Å². The fraction of sp³-hybridized carbons (Fsp3) is 0.714. The van der Waals surface area contributed by atoms with Crippen LogP contribution >= 0.6 is 7.26 Å². The number of hydrogen-bond donors (Lipinski definition) is 0. The van der Waals surface area contributed by atoms with Crippen molar-refractivity contribution in [3.63, 3.8) is 0 Å². The van der Waals surface area contributed by atoms with Gasteiger partial charge in [0.25, 0.3) is 0 Å². The van der Waals surface area contributed by atoms with Gasteiger partial charge in [-0.15, -0.1) is 0 Å². The highest BCUT2D eigenvalue weighted by Gasteiger charge is 2.36. The molecule has 0 aliphatic rings. The van der Waals surface area contributed by atoms with Gasteiger partial charge in [0.15, 0.2) is 0 Å². The van der Waals surface area contributed by atoms with Crippen molar-refractivity contribution in [2.24, 2.45) is 0 Å². The molecule has 0 heterocycles. The molecule has 0 atom stereocenters. The lowest BCUT2D eigenvalue weighted by Crippen LogP contribution is -3.00. The maximum atomic E-state index is 2.41. The van der Waals surface area contributed by atoms with E-state index in [1.807, 2.05) is 0 Å². The molecule has 0 N–H and O–H groups in total. The summed E-state index contributed by atoms with van der Waals surface area (Å²) < 4.78 is 0. The maximum Gasteiger partial charge on any atom is 0.0846 e. The summed E-state index contributed by atoms with van der Waals surface area (Å²) in [6.07, 6.45) is 40.4. The van der Waals surface area contributed by atoms with Gasteiger partial charge >= 0.3 is 0 Å². The summed E-state index contributed by atoms with van der Waals surface area (Å²) in [4.78, 5) is 0. The van der Waals surface area contributed by atoms with Crippen LogP contribution in [0.2, 0.25) is 0 Å². The minimum atomic E-state index is -1.10. The second kappa shape index (κ2) is 29.7. The lowest BCUT2D eigenvalue weighted by Gasteiger charge is -2.29. The summed E-state index contributed by atoms with van der Waals surface area (Å²) in [5, 5.41) is 0. The van der Waals surface area contributed by atoms with Gasteiger partial charge in [0, 0.05) is 7.26 Å². The van der Waals surface area contributed by atoms with E-state index in [0.717, 1.165) is 0 Å². The van der Waals surface area contributed by atoms with Crippen LogP contribution in [0.15, 0.2) is 60.7 Å². The summed E-state index contributed by atoms with van der Waals surface area (Å²) in [5.41, 5.74) is 3.18. The first kappa shape index (κ1) is 41.4. The molecule has 0 unspecified atom stereocenters. The monoisotopic (exact) mass is 686 g/mol. The van der Waals surface area contributed by atoms with Crippen LogP contribution in [0.3, 0.4) is 0 Å². The van der Waals surface area contributed by atoms with E-state index >= 15 is 0 Å². The predicted molar refractivity (Wildman–Crippen MR) is 199 cm³/mol. The Bertz CT molecular complexity index is 764. The van der Waals surface area contributed by atoms with Gasteiger partial charge in [-0.2, -0.15) is 0 Å². The zero-order valence-corrected chi connectivity index (χ0v) is 31.9. The van der Waals surface area contributed by atoms with Gasteiger partial charge in [-0.25, -0.2) is 0 Å². The molecule has 2 aromatic carbocycles. The molecule has 2 heteroatoms. The van der Waals surface area contributed by atoms with Gasteiger partial charge < -0.3 is 17.0 Å². The summed E-state index contributed by atoms with van der Waals surface area (Å²) in [7, 11) is -1.10. The molecule has 44 heavy (non-hydrogen) atoms. The molecule has 0 saturated carbocycles. The summed E-state index contributed by atoms with van der Waals surface area (Å²) in [5.74, 6) is 0. The molecule has 0 aliphatic heterocycles. The van der Waals surface area contributed by atoms with E-state index in [0.29, 0.717) is 0 Å². The van der Waals surface area contributed by atoms with Crippen molar-refractivity contribution in [3.8, 4) is 0 Å². The Morgan fingerprint density at radius 2 is 0.591 bits per heavy atom. The third-order valence-electron chi connectivity index (χ3n) is 9.69. The summed E-state index contributed by atoms with van der Waals surface area (Å²) in [6.45, 7) is 4.63. The SMILES string of the molecule is CCCCCCCCCCCCCC[P+](CCCCCCCCCCCCCC)(Cc1ccccc1)Cc1ccccc1.[Br-]. The van der Waals surface area contributed by atoms with Gasteiger partial charge in [0.05, 0.1) is 24.6 Å². The molecule has 2 aromatic rings. The molecule has 0 amide bonds. The number of unbranched alkanes of at least 4 members (excludes halogenated alkanes) is 22. The van der Waals surface area contributed by atoms with Gasteiger partial charge in [0.1, 0.15) is 0 Å². The standard InChI is InChI=1S/C42H72P.BrH/c1-3-5-7-9-11-13-15-17-19-21-23-31-37-43(39-41-33-27-25-28-34-41,40-42-35-29-26-30-36-42)38-32-24-22-20-18-16-14-12-10-8-6-4-2;/h25-30,33-36H,3-24,31-32,37-40H2,1-2H3;1H/q+1;/p-1. The van der Waals surface area contributed by atoms with Crippen LogP contribution in [0.4, 0.5) is 0 Å². The third-order valence-corrected chi connectivity index (χ3v) is 14.3. The van der Waals surface area contributed by atoms with Crippen LogP contribution in [0.5, 0.6) is 0 Å². The van der Waals surface area contributed by atoms with Gasteiger partial charge in [-0.05, 0) is 36.8 Å². The van der Waals surface area contributed by atoms with E-state index in [2.05, 4.69) is 74.5 Å². The van der Waals surface area contributed by atoms with Crippen molar-refractivity contribution in [1.82, 2.24) is 0 Å². The lowest BCUT2D eigenvalue weighted by atomic mass is 10.1. The highest BCUT2D eigenvalue weighted by Crippen LogP contribution is 2.65. The average molecular weight is 688 g/mol. The Morgan fingerprint density at radius 3 is 0.864 bits per heavy atom. The van der Waals surface area contributed by atoms with Gasteiger partial charge in [-0.3, -0.25) is 0 Å². The number of benzene rings is 2. The molecule has 0 nitrogen and oxygen atoms in total. The fourth-order valence-corrected chi connectivity index (χ4v) is 11.7. The van der Waals surface area contributed by atoms with Gasteiger partial charge in [0.2, 0.25) is 0 Å². The third kappa shape index (κ3) is 22.0. The zero-order chi connectivity index (χ0) is 30.5. The van der Waals surface area contributed by atoms with Gasteiger partial charge in [-0.1, -0.05) is 203 Å². The minimum Gasteiger partial charge on any atom is -1.00 e. The highest BCUT2D eigenvalue weighted by molar-refractivity contribution is 7.74. The second-order valence-corrected chi connectivity index (χ2v) is 18.1. The molecular formula is C42H72BrP. The molecule has 0 fully saturated rings. The van der Waals surface area contributed by atoms with Crippen LogP contribution in [-0.2, 0) is 12.3 Å². The van der Waals surface area contributed by atoms with Crippen molar-refractivity contribution >= 4 is 7.26 Å². The van der Waals surface area contributed by atoms with E-state index < -0.39 is 7.26 Å². The van der Waals surface area contributed by atoms with E-state index in [4.69, 9.17) is 0 Å². The molecule has 0 bridgehead atoms. The average Bonchev–Trinajstić information content (AvgIpc) is 3.03. The van der Waals surface area contributed by atoms with Crippen molar-refractivity contribution in [2.75, 3.05) is 12.3 Å². The van der Waals surface area contributed by atoms with Crippen molar-refractivity contribution in [3.05, 3.63) is 71.8 Å². The van der Waals surface area contributed by atoms with Crippen LogP contribution in [0, 0.1) is 0 Å². The summed E-state index contributed by atoms with van der Waals surface area (Å²) >= 11 is 0. The molecular weight excluding hydrogens is 615 g/mol. The summed E-state index contributed by atoms with van der Waals surface area (Å²) in [6, 6.07) is 23.1. The first-order valence-corrected chi connectivity index (χ1v) is 21.7. The number of rotatable bonds is 30. The van der Waals surface area contributed by atoms with Crippen molar-refractivity contribution in [2.45, 2.75) is 180 Å². The van der Waals surface area contributed by atoms with Crippen LogP contribution in [0.25, 0.3) is 0 Å². The molecule has 0 saturated heterocycles. The van der Waals surface area contributed by atoms with Crippen molar-refractivity contribution in [1.29, 1.82) is 0 Å². The number of hydrogen-bond acceptors (Lipinski definition) is 0. The zero-order valence-electron chi connectivity index (χ0n) is 29.4. The minimum absolute atomic E-state index is 0. The Hall–Kier alpha value is -0.650. The number of halogens is 1. The van der Waals surface area contributed by atoms with E-state index in [-0.39, 0.29) is 17.0 Å². The fourth-order valence-electron chi connectivity index (χ4n) is 7.00. The molecule has 0 aromatic heterocycles. The Labute approximate surface area is 287 Å². The smallest absolute Gasteiger partial charge is 0.0846 e. The molecule has 252 valence electrons. The van der Waals surface area contributed by atoms with E-state index in [9.17, 15) is 0 Å². The lowest BCUT2D eigenvalue weighted by molar-refractivity contribution is -0.00000941. The largest absolute Gasteiger partial charge is 1.00 e.